The lowest BCUT2D eigenvalue weighted by Crippen LogP contribution is -2.52. The van der Waals surface area contributed by atoms with Gasteiger partial charge < -0.3 is 10.2 Å². The maximum atomic E-state index is 13.7. The maximum absolute atomic E-state index is 13.7. The molecular formula is C32H34FN3O4. The topological polar surface area (TPSA) is 86.8 Å². The van der Waals surface area contributed by atoms with Gasteiger partial charge in [0, 0.05) is 32.0 Å². The van der Waals surface area contributed by atoms with Crippen LogP contribution in [-0.2, 0) is 22.6 Å². The largest absolute Gasteiger partial charge is 0.352 e. The van der Waals surface area contributed by atoms with Crippen LogP contribution < -0.4 is 5.32 Å². The fourth-order valence-electron chi connectivity index (χ4n) is 4.76. The van der Waals surface area contributed by atoms with Gasteiger partial charge in [-0.1, -0.05) is 61.5 Å². The van der Waals surface area contributed by atoms with E-state index in [0.717, 1.165) is 12.0 Å². The van der Waals surface area contributed by atoms with Crippen LogP contribution in [0.5, 0.6) is 0 Å². The van der Waals surface area contributed by atoms with Crippen LogP contribution in [0.4, 0.5) is 4.39 Å². The van der Waals surface area contributed by atoms with Gasteiger partial charge in [0.1, 0.15) is 11.9 Å². The van der Waals surface area contributed by atoms with Crippen molar-refractivity contribution in [3.05, 3.63) is 107 Å². The van der Waals surface area contributed by atoms with Crippen LogP contribution >= 0.6 is 0 Å². The van der Waals surface area contributed by atoms with Gasteiger partial charge in [0.2, 0.25) is 11.8 Å². The van der Waals surface area contributed by atoms with E-state index in [0.29, 0.717) is 23.1 Å². The van der Waals surface area contributed by atoms with Crippen LogP contribution in [-0.4, -0.2) is 52.1 Å². The number of benzene rings is 3. The Labute approximate surface area is 234 Å². The summed E-state index contributed by atoms with van der Waals surface area (Å²) in [5, 5.41) is 3.01. The second-order valence-corrected chi connectivity index (χ2v) is 10.1. The van der Waals surface area contributed by atoms with Crippen molar-refractivity contribution < 1.29 is 23.6 Å². The molecule has 0 spiro atoms. The van der Waals surface area contributed by atoms with E-state index < -0.39 is 11.9 Å². The number of hydrogen-bond donors (Lipinski definition) is 1. The summed E-state index contributed by atoms with van der Waals surface area (Å²) in [5.41, 5.74) is 2.31. The number of nitrogens with one attached hydrogen (secondary N) is 1. The van der Waals surface area contributed by atoms with Crippen LogP contribution in [0, 0.1) is 5.82 Å². The molecule has 0 saturated heterocycles. The van der Waals surface area contributed by atoms with Gasteiger partial charge in [-0.2, -0.15) is 0 Å². The van der Waals surface area contributed by atoms with Crippen molar-refractivity contribution in [2.45, 2.75) is 58.2 Å². The molecule has 1 aliphatic rings. The number of fused-ring (bicyclic) bond motifs is 1. The van der Waals surface area contributed by atoms with Gasteiger partial charge in [0.15, 0.2) is 0 Å². The van der Waals surface area contributed by atoms with Crippen molar-refractivity contribution in [2.24, 2.45) is 0 Å². The first-order valence-electron chi connectivity index (χ1n) is 13.6. The Hall–Kier alpha value is -4.33. The molecule has 0 saturated carbocycles. The zero-order valence-electron chi connectivity index (χ0n) is 22.8. The van der Waals surface area contributed by atoms with Crippen LogP contribution in [0.2, 0.25) is 0 Å². The molecule has 0 bridgehead atoms. The monoisotopic (exact) mass is 543 g/mol. The molecular weight excluding hydrogens is 509 g/mol. The minimum absolute atomic E-state index is 0.0243. The standard InChI is InChI=1S/C32H34FN3O4/c1-3-22(2)34-30(38)28(20-23-10-5-4-6-11-23)36(21-24-15-17-25(33)18-16-24)29(37)14-9-19-35-31(39)26-12-7-8-13-27(26)32(35)40/h4-8,10-13,15-18,22,28H,3,9,14,19-21H2,1-2H3,(H,34,38)/t22-,28-/m1/s1. The molecule has 4 amide bonds. The smallest absolute Gasteiger partial charge is 0.261 e. The van der Waals surface area contributed by atoms with Gasteiger partial charge in [-0.3, -0.25) is 24.1 Å². The molecule has 0 radical (unpaired) electrons. The van der Waals surface area contributed by atoms with Crippen molar-refractivity contribution in [2.75, 3.05) is 6.54 Å². The molecule has 4 rings (SSSR count). The van der Waals surface area contributed by atoms with Crippen LogP contribution in [0.15, 0.2) is 78.9 Å². The van der Waals surface area contributed by atoms with Crippen LogP contribution in [0.1, 0.15) is 65.0 Å². The first-order valence-corrected chi connectivity index (χ1v) is 13.6. The fourth-order valence-corrected chi connectivity index (χ4v) is 4.76. The Morgan fingerprint density at radius 2 is 1.48 bits per heavy atom. The number of hydrogen-bond acceptors (Lipinski definition) is 4. The highest BCUT2D eigenvalue weighted by molar-refractivity contribution is 6.21. The number of halogens is 1. The zero-order valence-corrected chi connectivity index (χ0v) is 22.8. The van der Waals surface area contributed by atoms with E-state index in [4.69, 9.17) is 0 Å². The van der Waals surface area contributed by atoms with E-state index in [9.17, 15) is 23.6 Å². The van der Waals surface area contributed by atoms with Crippen LogP contribution in [0.25, 0.3) is 0 Å². The highest BCUT2D eigenvalue weighted by atomic mass is 19.1. The lowest BCUT2D eigenvalue weighted by Gasteiger charge is -2.32. The molecule has 1 aliphatic heterocycles. The molecule has 0 unspecified atom stereocenters. The lowest BCUT2D eigenvalue weighted by atomic mass is 10.0. The summed E-state index contributed by atoms with van der Waals surface area (Å²) in [7, 11) is 0. The molecule has 0 aliphatic carbocycles. The Morgan fingerprint density at radius 3 is 2.08 bits per heavy atom. The molecule has 1 heterocycles. The Balaban J connectivity index is 1.54. The SMILES string of the molecule is CC[C@@H](C)NC(=O)[C@@H](Cc1ccccc1)N(Cc1ccc(F)cc1)C(=O)CCCN1C(=O)c2ccccc2C1=O. The summed E-state index contributed by atoms with van der Waals surface area (Å²) in [4.78, 5) is 55.5. The highest BCUT2D eigenvalue weighted by Gasteiger charge is 2.35. The van der Waals surface area contributed by atoms with E-state index >= 15 is 0 Å². The van der Waals surface area contributed by atoms with Gasteiger partial charge in [0.25, 0.3) is 11.8 Å². The average Bonchev–Trinajstić information content (AvgIpc) is 3.21. The summed E-state index contributed by atoms with van der Waals surface area (Å²) in [5.74, 6) is -1.69. The van der Waals surface area contributed by atoms with E-state index in [1.165, 1.54) is 21.9 Å². The van der Waals surface area contributed by atoms with Gasteiger partial charge in [-0.15, -0.1) is 0 Å². The van der Waals surface area contributed by atoms with E-state index in [-0.39, 0.29) is 55.6 Å². The van der Waals surface area contributed by atoms with E-state index in [2.05, 4.69) is 5.32 Å². The van der Waals surface area contributed by atoms with Gasteiger partial charge in [0.05, 0.1) is 11.1 Å². The van der Waals surface area contributed by atoms with E-state index in [1.807, 2.05) is 44.2 Å². The molecule has 40 heavy (non-hydrogen) atoms. The normalized spacial score (nSPS) is 14.0. The second-order valence-electron chi connectivity index (χ2n) is 10.1. The number of rotatable bonds is 12. The number of imide groups is 1. The van der Waals surface area contributed by atoms with Crippen molar-refractivity contribution in [3.63, 3.8) is 0 Å². The number of amides is 4. The van der Waals surface area contributed by atoms with Gasteiger partial charge in [-0.05, 0) is 55.2 Å². The first kappa shape index (κ1) is 28.7. The molecule has 0 aromatic heterocycles. The molecule has 7 nitrogen and oxygen atoms in total. The van der Waals surface area contributed by atoms with Gasteiger partial charge in [-0.25, -0.2) is 4.39 Å². The average molecular weight is 544 g/mol. The third-order valence-corrected chi connectivity index (χ3v) is 7.19. The minimum atomic E-state index is -0.812. The number of carbonyl (C=O) groups is 4. The number of nitrogens with zero attached hydrogens (tertiary/aromatic N) is 2. The Morgan fingerprint density at radius 1 is 0.875 bits per heavy atom. The lowest BCUT2D eigenvalue weighted by molar-refractivity contribution is -0.141. The molecule has 208 valence electrons. The Kier molecular flexibility index (Phi) is 9.43. The first-order chi connectivity index (χ1) is 19.3. The summed E-state index contributed by atoms with van der Waals surface area (Å²) >= 11 is 0. The van der Waals surface area contributed by atoms with Crippen LogP contribution in [0.3, 0.4) is 0 Å². The molecule has 8 heteroatoms. The predicted molar refractivity (Wildman–Crippen MR) is 150 cm³/mol. The number of carbonyl (C=O) groups excluding carboxylic acids is 4. The Bertz CT molecular complexity index is 1330. The third kappa shape index (κ3) is 6.81. The zero-order chi connectivity index (χ0) is 28.6. The van der Waals surface area contributed by atoms with Crippen molar-refractivity contribution >= 4 is 23.6 Å². The van der Waals surface area contributed by atoms with Crippen molar-refractivity contribution in [1.82, 2.24) is 15.1 Å². The summed E-state index contributed by atoms with van der Waals surface area (Å²) < 4.78 is 13.6. The minimum Gasteiger partial charge on any atom is -0.352 e. The fraction of sp³-hybridized carbons (Fsp3) is 0.312. The predicted octanol–water partition coefficient (Wildman–Crippen LogP) is 4.76. The third-order valence-electron chi connectivity index (χ3n) is 7.19. The van der Waals surface area contributed by atoms with Crippen molar-refractivity contribution in [3.8, 4) is 0 Å². The second kappa shape index (κ2) is 13.2. The van der Waals surface area contributed by atoms with Crippen molar-refractivity contribution in [1.29, 1.82) is 0 Å². The van der Waals surface area contributed by atoms with E-state index in [1.54, 1.807) is 36.4 Å². The summed E-state index contributed by atoms with van der Waals surface area (Å²) in [6.07, 6.45) is 1.30. The quantitative estimate of drug-likeness (QED) is 0.334. The van der Waals surface area contributed by atoms with Gasteiger partial charge >= 0.3 is 0 Å². The summed E-state index contributed by atoms with van der Waals surface area (Å²) in [6, 6.07) is 21.1. The molecule has 0 fully saturated rings. The molecule has 2 atom stereocenters. The molecule has 3 aromatic rings. The maximum Gasteiger partial charge on any atom is 0.261 e. The molecule has 3 aromatic carbocycles. The molecule has 1 N–H and O–H groups in total. The summed E-state index contributed by atoms with van der Waals surface area (Å²) in [6.45, 7) is 4.08. The highest BCUT2D eigenvalue weighted by Crippen LogP contribution is 2.23.